The molecule has 0 aliphatic rings. The third kappa shape index (κ3) is 4.18. The van der Waals surface area contributed by atoms with Crippen molar-refractivity contribution in [2.45, 2.75) is 13.1 Å². The van der Waals surface area contributed by atoms with Crippen LogP contribution in [0.25, 0.3) is 0 Å². The van der Waals surface area contributed by atoms with Crippen LogP contribution in [0, 0.1) is 11.7 Å². The van der Waals surface area contributed by atoms with Crippen LogP contribution in [0.1, 0.15) is 12.5 Å². The summed E-state index contributed by atoms with van der Waals surface area (Å²) in [5.41, 5.74) is -1.30. The molecular weight excluding hydrogens is 250 g/mol. The second-order valence-corrected chi connectivity index (χ2v) is 4.11. The number of hydrogen-bond acceptors (Lipinski definition) is 2. The van der Waals surface area contributed by atoms with E-state index in [1.807, 2.05) is 6.92 Å². The normalized spacial score (nSPS) is 13.4. The lowest BCUT2D eigenvalue weighted by Gasteiger charge is -2.14. The first kappa shape index (κ1) is 14.8. The van der Waals surface area contributed by atoms with Crippen molar-refractivity contribution in [3.05, 3.63) is 29.6 Å². The van der Waals surface area contributed by atoms with Crippen molar-refractivity contribution in [1.29, 1.82) is 0 Å². The van der Waals surface area contributed by atoms with Gasteiger partial charge in [0.05, 0.1) is 12.2 Å². The second-order valence-electron chi connectivity index (χ2n) is 4.11. The number of hydrogen-bond donors (Lipinski definition) is 1. The van der Waals surface area contributed by atoms with Crippen LogP contribution >= 0.6 is 0 Å². The predicted octanol–water partition coefficient (Wildman–Crippen LogP) is 3.08. The SMILES string of the molecule is CNCC(C)COc1ccc(F)c(C(F)(F)F)c1. The van der Waals surface area contributed by atoms with E-state index in [9.17, 15) is 17.6 Å². The Morgan fingerprint density at radius 3 is 2.56 bits per heavy atom. The van der Waals surface area contributed by atoms with Gasteiger partial charge in [-0.1, -0.05) is 6.92 Å². The Bertz CT molecular complexity index is 392. The largest absolute Gasteiger partial charge is 0.493 e. The molecule has 1 atom stereocenters. The zero-order valence-corrected chi connectivity index (χ0v) is 10.1. The van der Waals surface area contributed by atoms with Crippen LogP contribution < -0.4 is 10.1 Å². The van der Waals surface area contributed by atoms with Crippen LogP contribution in [0.3, 0.4) is 0 Å². The molecule has 1 aromatic rings. The molecule has 0 bridgehead atoms. The zero-order valence-electron chi connectivity index (χ0n) is 10.1. The molecule has 0 amide bonds. The molecule has 1 rings (SSSR count). The maximum absolute atomic E-state index is 13.0. The Balaban J connectivity index is 2.74. The maximum Gasteiger partial charge on any atom is 0.419 e. The van der Waals surface area contributed by atoms with Crippen LogP contribution in [0.4, 0.5) is 17.6 Å². The van der Waals surface area contributed by atoms with Crippen molar-refractivity contribution in [3.8, 4) is 5.75 Å². The number of ether oxygens (including phenoxy) is 1. The summed E-state index contributed by atoms with van der Waals surface area (Å²) in [4.78, 5) is 0. The first-order chi connectivity index (χ1) is 8.34. The standard InChI is InChI=1S/C12H15F4NO/c1-8(6-17-2)7-18-9-3-4-11(13)10(5-9)12(14,15)16/h3-5,8,17H,6-7H2,1-2H3. The van der Waals surface area contributed by atoms with Crippen molar-refractivity contribution in [1.82, 2.24) is 5.32 Å². The number of halogens is 4. The van der Waals surface area contributed by atoms with Gasteiger partial charge in [0.1, 0.15) is 11.6 Å². The van der Waals surface area contributed by atoms with Gasteiger partial charge in [0, 0.05) is 12.5 Å². The average molecular weight is 265 g/mol. The highest BCUT2D eigenvalue weighted by Crippen LogP contribution is 2.33. The van der Waals surface area contributed by atoms with Crippen molar-refractivity contribution in [2.75, 3.05) is 20.2 Å². The summed E-state index contributed by atoms with van der Waals surface area (Å²) < 4.78 is 55.5. The minimum Gasteiger partial charge on any atom is -0.493 e. The average Bonchev–Trinajstić information content (AvgIpc) is 2.27. The monoisotopic (exact) mass is 265 g/mol. The molecule has 0 aromatic heterocycles. The van der Waals surface area contributed by atoms with E-state index in [2.05, 4.69) is 5.32 Å². The molecule has 0 fully saturated rings. The Hall–Kier alpha value is -1.30. The zero-order chi connectivity index (χ0) is 13.8. The lowest BCUT2D eigenvalue weighted by molar-refractivity contribution is -0.140. The molecule has 18 heavy (non-hydrogen) atoms. The van der Waals surface area contributed by atoms with E-state index in [4.69, 9.17) is 4.74 Å². The molecule has 6 heteroatoms. The third-order valence-electron chi connectivity index (χ3n) is 2.33. The number of alkyl halides is 3. The van der Waals surface area contributed by atoms with E-state index in [0.29, 0.717) is 12.6 Å². The third-order valence-corrected chi connectivity index (χ3v) is 2.33. The minimum absolute atomic E-state index is 0.0201. The second kappa shape index (κ2) is 6.04. The van der Waals surface area contributed by atoms with E-state index < -0.39 is 17.6 Å². The van der Waals surface area contributed by atoms with Gasteiger partial charge in [0.2, 0.25) is 0 Å². The van der Waals surface area contributed by atoms with Gasteiger partial charge in [-0.25, -0.2) is 4.39 Å². The van der Waals surface area contributed by atoms with E-state index in [-0.39, 0.29) is 18.3 Å². The summed E-state index contributed by atoms with van der Waals surface area (Å²) in [5.74, 6) is -1.13. The Labute approximate surface area is 103 Å². The molecule has 102 valence electrons. The Morgan fingerprint density at radius 2 is 2.00 bits per heavy atom. The van der Waals surface area contributed by atoms with Crippen LogP contribution in [0.15, 0.2) is 18.2 Å². The summed E-state index contributed by atoms with van der Waals surface area (Å²) in [6, 6.07) is 2.64. The van der Waals surface area contributed by atoms with E-state index in [1.54, 1.807) is 7.05 Å². The fourth-order valence-electron chi connectivity index (χ4n) is 1.46. The van der Waals surface area contributed by atoms with Gasteiger partial charge < -0.3 is 10.1 Å². The Kier molecular flexibility index (Phi) is 4.95. The molecule has 0 heterocycles. The van der Waals surface area contributed by atoms with Gasteiger partial charge in [0.25, 0.3) is 0 Å². The fraction of sp³-hybridized carbons (Fsp3) is 0.500. The topological polar surface area (TPSA) is 21.3 Å². The Morgan fingerprint density at radius 1 is 1.33 bits per heavy atom. The van der Waals surface area contributed by atoms with Gasteiger partial charge >= 0.3 is 6.18 Å². The molecule has 0 spiro atoms. The highest BCUT2D eigenvalue weighted by Gasteiger charge is 2.34. The van der Waals surface area contributed by atoms with Gasteiger partial charge in [-0.3, -0.25) is 0 Å². The summed E-state index contributed by atoms with van der Waals surface area (Å²) in [5, 5.41) is 2.93. The molecule has 0 aliphatic heterocycles. The highest BCUT2D eigenvalue weighted by atomic mass is 19.4. The lowest BCUT2D eigenvalue weighted by atomic mass is 10.2. The molecule has 0 aliphatic carbocycles. The number of benzene rings is 1. The minimum atomic E-state index is -4.71. The van der Waals surface area contributed by atoms with Crippen molar-refractivity contribution >= 4 is 0 Å². The summed E-state index contributed by atoms with van der Waals surface area (Å²) in [7, 11) is 1.77. The van der Waals surface area contributed by atoms with Crippen LogP contribution in [-0.2, 0) is 6.18 Å². The molecular formula is C12H15F4NO. The molecule has 0 saturated carbocycles. The van der Waals surface area contributed by atoms with Crippen molar-refractivity contribution in [2.24, 2.45) is 5.92 Å². The number of nitrogens with one attached hydrogen (secondary N) is 1. The first-order valence-corrected chi connectivity index (χ1v) is 5.48. The summed E-state index contributed by atoms with van der Waals surface area (Å²) >= 11 is 0. The van der Waals surface area contributed by atoms with E-state index >= 15 is 0 Å². The smallest absolute Gasteiger partial charge is 0.419 e. The predicted molar refractivity (Wildman–Crippen MR) is 60.0 cm³/mol. The fourth-order valence-corrected chi connectivity index (χ4v) is 1.46. The van der Waals surface area contributed by atoms with Crippen LogP contribution in [0.2, 0.25) is 0 Å². The maximum atomic E-state index is 13.0. The van der Waals surface area contributed by atoms with Crippen molar-refractivity contribution < 1.29 is 22.3 Å². The lowest BCUT2D eigenvalue weighted by Crippen LogP contribution is -2.21. The van der Waals surface area contributed by atoms with Gasteiger partial charge in [0.15, 0.2) is 0 Å². The molecule has 1 N–H and O–H groups in total. The molecule has 0 saturated heterocycles. The summed E-state index contributed by atoms with van der Waals surface area (Å²) in [6.45, 7) is 2.85. The first-order valence-electron chi connectivity index (χ1n) is 5.48. The molecule has 0 radical (unpaired) electrons. The van der Waals surface area contributed by atoms with Crippen molar-refractivity contribution in [3.63, 3.8) is 0 Å². The molecule has 2 nitrogen and oxygen atoms in total. The van der Waals surface area contributed by atoms with E-state index in [0.717, 1.165) is 6.07 Å². The quantitative estimate of drug-likeness (QED) is 0.826. The van der Waals surface area contributed by atoms with Gasteiger partial charge in [-0.15, -0.1) is 0 Å². The molecule has 1 unspecified atom stereocenters. The highest BCUT2D eigenvalue weighted by molar-refractivity contribution is 5.31. The molecule has 1 aromatic carbocycles. The van der Waals surface area contributed by atoms with E-state index in [1.165, 1.54) is 6.07 Å². The van der Waals surface area contributed by atoms with Crippen LogP contribution in [-0.4, -0.2) is 20.2 Å². The summed E-state index contributed by atoms with van der Waals surface area (Å²) in [6.07, 6.45) is -4.71. The van der Waals surface area contributed by atoms with Crippen LogP contribution in [0.5, 0.6) is 5.75 Å². The number of rotatable bonds is 5. The van der Waals surface area contributed by atoms with Gasteiger partial charge in [-0.05, 0) is 25.2 Å². The van der Waals surface area contributed by atoms with Gasteiger partial charge in [-0.2, -0.15) is 13.2 Å².